The molecule has 0 aromatic heterocycles. The summed E-state index contributed by atoms with van der Waals surface area (Å²) >= 11 is 0. The monoisotopic (exact) mass is 230 g/mol. The van der Waals surface area contributed by atoms with Crippen molar-refractivity contribution in [3.05, 3.63) is 28.8 Å². The molecule has 90 valence electrons. The highest BCUT2D eigenvalue weighted by Gasteiger charge is 2.18. The molecule has 0 heterocycles. The molecule has 0 spiro atoms. The summed E-state index contributed by atoms with van der Waals surface area (Å²) in [5.41, 5.74) is 0.773. The minimum absolute atomic E-state index is 0.107. The number of alkyl halides is 2. The Labute approximate surface area is 93.5 Å². The molecule has 0 saturated carbocycles. The second-order valence-electron chi connectivity index (χ2n) is 4.05. The van der Waals surface area contributed by atoms with Crippen LogP contribution in [0.4, 0.5) is 8.78 Å². The van der Waals surface area contributed by atoms with Crippen molar-refractivity contribution in [1.29, 1.82) is 0 Å². The third kappa shape index (κ3) is 2.70. The fourth-order valence-corrected chi connectivity index (χ4v) is 1.56. The van der Waals surface area contributed by atoms with Gasteiger partial charge in [-0.2, -0.15) is 0 Å². The number of phenols is 1. The van der Waals surface area contributed by atoms with Crippen molar-refractivity contribution in [3.63, 3.8) is 0 Å². The van der Waals surface area contributed by atoms with Gasteiger partial charge in [0.15, 0.2) is 0 Å². The van der Waals surface area contributed by atoms with E-state index in [9.17, 15) is 13.9 Å². The molecule has 0 fully saturated rings. The quantitative estimate of drug-likeness (QED) is 0.834. The van der Waals surface area contributed by atoms with Crippen LogP contribution in [0.5, 0.6) is 5.75 Å². The van der Waals surface area contributed by atoms with Gasteiger partial charge in [0.05, 0.1) is 5.56 Å². The highest BCUT2D eigenvalue weighted by Crippen LogP contribution is 2.34. The van der Waals surface area contributed by atoms with Gasteiger partial charge in [-0.15, -0.1) is 0 Å². The van der Waals surface area contributed by atoms with Crippen molar-refractivity contribution >= 4 is 0 Å². The van der Waals surface area contributed by atoms with Crippen molar-refractivity contribution in [2.45, 2.75) is 32.6 Å². The van der Waals surface area contributed by atoms with Gasteiger partial charge in [-0.05, 0) is 29.5 Å². The average molecular weight is 230 g/mol. The van der Waals surface area contributed by atoms with E-state index in [1.54, 1.807) is 6.07 Å². The maximum Gasteiger partial charge on any atom is 0.267 e. The Morgan fingerprint density at radius 2 is 1.88 bits per heavy atom. The number of aromatic hydroxyl groups is 1. The van der Waals surface area contributed by atoms with E-state index in [1.165, 1.54) is 6.07 Å². The minimum Gasteiger partial charge on any atom is -0.507 e. The first kappa shape index (κ1) is 12.9. The molecule has 4 heteroatoms. The Bertz CT molecular complexity index is 362. The molecular formula is C12H16F2O2. The molecule has 0 bridgehead atoms. The first-order chi connectivity index (χ1) is 7.47. The van der Waals surface area contributed by atoms with Gasteiger partial charge in [0.25, 0.3) is 6.43 Å². The van der Waals surface area contributed by atoms with Crippen LogP contribution in [0.15, 0.2) is 12.1 Å². The summed E-state index contributed by atoms with van der Waals surface area (Å²) in [5.74, 6) is -0.288. The molecular weight excluding hydrogens is 214 g/mol. The second kappa shape index (κ2) is 5.25. The lowest BCUT2D eigenvalue weighted by Crippen LogP contribution is -1.99. The molecule has 1 aromatic rings. The van der Waals surface area contributed by atoms with Crippen LogP contribution in [0, 0.1) is 0 Å². The first-order valence-electron chi connectivity index (χ1n) is 5.22. The van der Waals surface area contributed by atoms with E-state index >= 15 is 0 Å². The van der Waals surface area contributed by atoms with Gasteiger partial charge in [0, 0.05) is 6.61 Å². The fraction of sp³-hybridized carbons (Fsp3) is 0.500. The molecule has 1 aromatic carbocycles. The van der Waals surface area contributed by atoms with Crippen LogP contribution in [0.1, 0.15) is 42.9 Å². The summed E-state index contributed by atoms with van der Waals surface area (Å²) in [6.45, 7) is 3.62. The average Bonchev–Trinajstić information content (AvgIpc) is 2.20. The molecule has 0 aliphatic carbocycles. The number of phenolic OH excluding ortho intramolecular Hbond substituents is 1. The zero-order valence-electron chi connectivity index (χ0n) is 9.37. The van der Waals surface area contributed by atoms with Gasteiger partial charge < -0.3 is 10.2 Å². The lowest BCUT2D eigenvalue weighted by molar-refractivity contribution is 0.147. The van der Waals surface area contributed by atoms with Gasteiger partial charge in [-0.25, -0.2) is 8.78 Å². The zero-order valence-corrected chi connectivity index (χ0v) is 9.37. The van der Waals surface area contributed by atoms with Crippen molar-refractivity contribution in [2.75, 3.05) is 6.61 Å². The van der Waals surface area contributed by atoms with Crippen LogP contribution in [0.25, 0.3) is 0 Å². The van der Waals surface area contributed by atoms with Crippen molar-refractivity contribution < 1.29 is 19.0 Å². The third-order valence-electron chi connectivity index (χ3n) is 2.52. The summed E-state index contributed by atoms with van der Waals surface area (Å²) in [5, 5.41) is 18.4. The van der Waals surface area contributed by atoms with Crippen LogP contribution >= 0.6 is 0 Å². The molecule has 0 aliphatic heterocycles. The van der Waals surface area contributed by atoms with E-state index in [2.05, 4.69) is 0 Å². The van der Waals surface area contributed by atoms with E-state index in [0.717, 1.165) is 5.56 Å². The number of rotatable bonds is 4. The van der Waals surface area contributed by atoms with Gasteiger partial charge in [0.2, 0.25) is 0 Å². The predicted octanol–water partition coefficient (Wildman–Crippen LogP) is 2.99. The molecule has 2 nitrogen and oxygen atoms in total. The number of hydrogen-bond acceptors (Lipinski definition) is 2. The summed E-state index contributed by atoms with van der Waals surface area (Å²) in [6.07, 6.45) is -2.51. The fourth-order valence-electron chi connectivity index (χ4n) is 1.56. The Hall–Kier alpha value is -1.16. The van der Waals surface area contributed by atoms with Crippen LogP contribution in [-0.2, 0) is 6.42 Å². The molecule has 0 radical (unpaired) electrons. The lowest BCUT2D eigenvalue weighted by Gasteiger charge is -2.14. The number of hydrogen-bond donors (Lipinski definition) is 2. The van der Waals surface area contributed by atoms with E-state index in [-0.39, 0.29) is 24.5 Å². The van der Waals surface area contributed by atoms with E-state index in [1.807, 2.05) is 13.8 Å². The SMILES string of the molecule is CC(C)c1cc(CCO)c(O)c(C(F)F)c1. The Morgan fingerprint density at radius 3 is 2.31 bits per heavy atom. The molecule has 2 N–H and O–H groups in total. The highest BCUT2D eigenvalue weighted by molar-refractivity contribution is 5.45. The smallest absolute Gasteiger partial charge is 0.267 e. The standard InChI is InChI=1S/C12H16F2O2/c1-7(2)9-5-8(3-4-15)11(16)10(6-9)12(13)14/h5-7,12,15-16H,3-4H2,1-2H3. The molecule has 0 unspecified atom stereocenters. The largest absolute Gasteiger partial charge is 0.507 e. The Morgan fingerprint density at radius 1 is 1.25 bits per heavy atom. The summed E-state index contributed by atoms with van der Waals surface area (Å²) < 4.78 is 25.3. The Balaban J connectivity index is 3.27. The minimum atomic E-state index is -2.70. The molecule has 0 atom stereocenters. The molecule has 16 heavy (non-hydrogen) atoms. The first-order valence-corrected chi connectivity index (χ1v) is 5.22. The van der Waals surface area contributed by atoms with Crippen molar-refractivity contribution in [2.24, 2.45) is 0 Å². The molecule has 1 rings (SSSR count). The maximum absolute atomic E-state index is 12.7. The normalized spacial score (nSPS) is 11.4. The number of halogens is 2. The molecule has 0 amide bonds. The third-order valence-corrected chi connectivity index (χ3v) is 2.52. The van der Waals surface area contributed by atoms with Crippen LogP contribution < -0.4 is 0 Å². The van der Waals surface area contributed by atoms with Gasteiger partial charge in [-0.1, -0.05) is 19.9 Å². The number of aliphatic hydroxyl groups excluding tert-OH is 1. The number of benzene rings is 1. The predicted molar refractivity (Wildman–Crippen MR) is 57.9 cm³/mol. The second-order valence-corrected chi connectivity index (χ2v) is 4.05. The van der Waals surface area contributed by atoms with Crippen molar-refractivity contribution in [3.8, 4) is 5.75 Å². The van der Waals surface area contributed by atoms with Gasteiger partial charge in [0.1, 0.15) is 5.75 Å². The number of aliphatic hydroxyl groups is 1. The van der Waals surface area contributed by atoms with Crippen LogP contribution in [0.2, 0.25) is 0 Å². The summed E-state index contributed by atoms with van der Waals surface area (Å²) in [4.78, 5) is 0. The van der Waals surface area contributed by atoms with Crippen LogP contribution in [0.3, 0.4) is 0 Å². The van der Waals surface area contributed by atoms with Crippen LogP contribution in [-0.4, -0.2) is 16.8 Å². The van der Waals surface area contributed by atoms with Gasteiger partial charge in [-0.3, -0.25) is 0 Å². The lowest BCUT2D eigenvalue weighted by atomic mass is 9.95. The maximum atomic E-state index is 12.7. The Kier molecular flexibility index (Phi) is 4.24. The molecule has 0 saturated heterocycles. The highest BCUT2D eigenvalue weighted by atomic mass is 19.3. The van der Waals surface area contributed by atoms with E-state index in [0.29, 0.717) is 5.56 Å². The summed E-state index contributed by atoms with van der Waals surface area (Å²) in [7, 11) is 0. The van der Waals surface area contributed by atoms with Crippen molar-refractivity contribution in [1.82, 2.24) is 0 Å². The zero-order chi connectivity index (χ0) is 12.3. The van der Waals surface area contributed by atoms with Gasteiger partial charge >= 0.3 is 0 Å². The molecule has 0 aliphatic rings. The topological polar surface area (TPSA) is 40.5 Å². The van der Waals surface area contributed by atoms with E-state index < -0.39 is 12.2 Å². The van der Waals surface area contributed by atoms with E-state index in [4.69, 9.17) is 5.11 Å². The summed E-state index contributed by atoms with van der Waals surface area (Å²) in [6, 6.07) is 2.99.